The van der Waals surface area contributed by atoms with Crippen molar-refractivity contribution in [3.8, 4) is 0 Å². The Morgan fingerprint density at radius 3 is 2.37 bits per heavy atom. The predicted molar refractivity (Wildman–Crippen MR) is 64.8 cm³/mol. The number of ether oxygens (including phenoxy) is 1. The van der Waals surface area contributed by atoms with E-state index < -0.39 is 17.7 Å². The number of hydrazone groups is 1. The third-order valence-electron chi connectivity index (χ3n) is 2.14. The number of nitrogens with one attached hydrogen (secondary N) is 1. The normalized spacial score (nSPS) is 12.2. The molecule has 7 heteroatoms. The van der Waals surface area contributed by atoms with Gasteiger partial charge in [-0.3, -0.25) is 5.43 Å². The van der Waals surface area contributed by atoms with Crippen LogP contribution in [0.2, 0.25) is 0 Å². The maximum Gasteiger partial charge on any atom is 0.416 e. The first kappa shape index (κ1) is 15.0. The van der Waals surface area contributed by atoms with E-state index in [0.717, 1.165) is 12.1 Å². The Labute approximate surface area is 108 Å². The van der Waals surface area contributed by atoms with Gasteiger partial charge in [-0.2, -0.15) is 18.3 Å². The quantitative estimate of drug-likeness (QED) is 0.521. The van der Waals surface area contributed by atoms with Gasteiger partial charge in [0.1, 0.15) is 5.71 Å². The fraction of sp³-hybridized carbons (Fsp3) is 0.333. The number of esters is 1. The second kappa shape index (κ2) is 6.21. The minimum atomic E-state index is -4.37. The maximum absolute atomic E-state index is 12.3. The molecule has 0 aliphatic carbocycles. The number of carbonyl (C=O) groups is 1. The molecule has 0 atom stereocenters. The summed E-state index contributed by atoms with van der Waals surface area (Å²) in [5.74, 6) is -0.582. The van der Waals surface area contributed by atoms with Gasteiger partial charge < -0.3 is 4.74 Å². The Balaban J connectivity index is 2.69. The molecule has 0 aliphatic rings. The van der Waals surface area contributed by atoms with E-state index in [2.05, 4.69) is 10.5 Å². The third-order valence-corrected chi connectivity index (χ3v) is 2.14. The SMILES string of the molecule is CCOC(=O)C(C)=NNc1ccc(C(F)(F)F)cc1. The zero-order valence-corrected chi connectivity index (χ0v) is 10.4. The lowest BCUT2D eigenvalue weighted by Gasteiger charge is -2.07. The number of nitrogens with zero attached hydrogens (tertiary/aromatic N) is 1. The molecule has 0 bridgehead atoms. The summed E-state index contributed by atoms with van der Waals surface area (Å²) in [6, 6.07) is 4.31. The smallest absolute Gasteiger partial charge is 0.416 e. The van der Waals surface area contributed by atoms with E-state index >= 15 is 0 Å². The van der Waals surface area contributed by atoms with Crippen LogP contribution in [0.1, 0.15) is 19.4 Å². The predicted octanol–water partition coefficient (Wildman–Crippen LogP) is 3.06. The van der Waals surface area contributed by atoms with Crippen LogP contribution in [0.4, 0.5) is 18.9 Å². The molecule has 4 nitrogen and oxygen atoms in total. The number of halogens is 3. The van der Waals surface area contributed by atoms with Crippen molar-refractivity contribution in [3.05, 3.63) is 29.8 Å². The van der Waals surface area contributed by atoms with Gasteiger partial charge in [-0.05, 0) is 38.1 Å². The Bertz CT molecular complexity index is 467. The molecule has 0 saturated heterocycles. The molecule has 1 aromatic rings. The van der Waals surface area contributed by atoms with Gasteiger partial charge in [0, 0.05) is 0 Å². The van der Waals surface area contributed by atoms with Crippen LogP contribution < -0.4 is 5.43 Å². The molecule has 0 aromatic heterocycles. The highest BCUT2D eigenvalue weighted by atomic mass is 19.4. The molecular formula is C12H13F3N2O2. The molecule has 0 unspecified atom stereocenters. The summed E-state index contributed by atoms with van der Waals surface area (Å²) in [5.41, 5.74) is 2.17. The monoisotopic (exact) mass is 274 g/mol. The summed E-state index contributed by atoms with van der Waals surface area (Å²) >= 11 is 0. The van der Waals surface area contributed by atoms with Crippen molar-refractivity contribution in [3.63, 3.8) is 0 Å². The Kier molecular flexibility index (Phi) is 4.91. The van der Waals surface area contributed by atoms with Crippen LogP contribution in [-0.2, 0) is 15.7 Å². The van der Waals surface area contributed by atoms with Gasteiger partial charge in [0.05, 0.1) is 17.9 Å². The summed E-state index contributed by atoms with van der Waals surface area (Å²) < 4.78 is 41.6. The van der Waals surface area contributed by atoms with E-state index in [-0.39, 0.29) is 12.3 Å². The van der Waals surface area contributed by atoms with Crippen molar-refractivity contribution in [1.29, 1.82) is 0 Å². The number of rotatable bonds is 4. The molecule has 0 radical (unpaired) electrons. The minimum absolute atomic E-state index is 0.0850. The van der Waals surface area contributed by atoms with Crippen LogP contribution >= 0.6 is 0 Å². The van der Waals surface area contributed by atoms with Crippen molar-refractivity contribution < 1.29 is 22.7 Å². The average molecular weight is 274 g/mol. The molecule has 0 fully saturated rings. The second-order valence-electron chi connectivity index (χ2n) is 3.60. The first-order valence-corrected chi connectivity index (χ1v) is 5.49. The minimum Gasteiger partial charge on any atom is -0.461 e. The highest BCUT2D eigenvalue weighted by Gasteiger charge is 2.29. The summed E-state index contributed by atoms with van der Waals surface area (Å²) in [4.78, 5) is 11.2. The van der Waals surface area contributed by atoms with Crippen LogP contribution in [0.3, 0.4) is 0 Å². The van der Waals surface area contributed by atoms with Gasteiger partial charge in [-0.25, -0.2) is 4.79 Å². The molecule has 0 amide bonds. The molecule has 1 rings (SSSR count). The molecule has 0 spiro atoms. The number of carbonyl (C=O) groups excluding carboxylic acids is 1. The number of benzene rings is 1. The third kappa shape index (κ3) is 4.61. The van der Waals surface area contributed by atoms with E-state index in [1.807, 2.05) is 0 Å². The lowest BCUT2D eigenvalue weighted by atomic mass is 10.2. The maximum atomic E-state index is 12.3. The van der Waals surface area contributed by atoms with Gasteiger partial charge in [0.25, 0.3) is 0 Å². The van der Waals surface area contributed by atoms with Crippen LogP contribution in [0.5, 0.6) is 0 Å². The van der Waals surface area contributed by atoms with Gasteiger partial charge in [-0.15, -0.1) is 0 Å². The van der Waals surface area contributed by atoms with Gasteiger partial charge in [0.2, 0.25) is 0 Å². The zero-order valence-electron chi connectivity index (χ0n) is 10.4. The number of alkyl halides is 3. The summed E-state index contributed by atoms with van der Waals surface area (Å²) in [7, 11) is 0. The van der Waals surface area contributed by atoms with E-state index in [1.165, 1.54) is 19.1 Å². The first-order chi connectivity index (χ1) is 8.84. The molecular weight excluding hydrogens is 261 g/mol. The fourth-order valence-corrected chi connectivity index (χ4v) is 1.16. The van der Waals surface area contributed by atoms with E-state index in [4.69, 9.17) is 4.74 Å². The van der Waals surface area contributed by atoms with Gasteiger partial charge >= 0.3 is 12.1 Å². The van der Waals surface area contributed by atoms with Crippen molar-refractivity contribution in [2.45, 2.75) is 20.0 Å². The van der Waals surface area contributed by atoms with E-state index in [1.54, 1.807) is 6.92 Å². The topological polar surface area (TPSA) is 50.7 Å². The Morgan fingerprint density at radius 2 is 1.89 bits per heavy atom. The molecule has 19 heavy (non-hydrogen) atoms. The van der Waals surface area contributed by atoms with Crippen molar-refractivity contribution >= 4 is 17.4 Å². The largest absolute Gasteiger partial charge is 0.461 e. The highest BCUT2D eigenvalue weighted by Crippen LogP contribution is 2.29. The van der Waals surface area contributed by atoms with Crippen molar-refractivity contribution in [1.82, 2.24) is 0 Å². The lowest BCUT2D eigenvalue weighted by molar-refractivity contribution is -0.137. The summed E-state index contributed by atoms with van der Waals surface area (Å²) in [5, 5.41) is 3.72. The molecule has 0 saturated carbocycles. The van der Waals surface area contributed by atoms with Crippen molar-refractivity contribution in [2.24, 2.45) is 5.10 Å². The van der Waals surface area contributed by atoms with Crippen molar-refractivity contribution in [2.75, 3.05) is 12.0 Å². The highest BCUT2D eigenvalue weighted by molar-refractivity contribution is 6.35. The molecule has 0 aliphatic heterocycles. The van der Waals surface area contributed by atoms with E-state index in [0.29, 0.717) is 5.69 Å². The van der Waals surface area contributed by atoms with Crippen LogP contribution in [0, 0.1) is 0 Å². The summed E-state index contributed by atoms with van der Waals surface area (Å²) in [6.07, 6.45) is -4.37. The number of anilines is 1. The van der Waals surface area contributed by atoms with Crippen LogP contribution in [-0.4, -0.2) is 18.3 Å². The molecule has 1 N–H and O–H groups in total. The second-order valence-corrected chi connectivity index (χ2v) is 3.60. The standard InChI is InChI=1S/C12H13F3N2O2/c1-3-19-11(18)8(2)16-17-10-6-4-9(5-7-10)12(13,14)15/h4-7,17H,3H2,1-2H3. The number of hydrogen-bond donors (Lipinski definition) is 1. The van der Waals surface area contributed by atoms with Gasteiger partial charge in [0.15, 0.2) is 0 Å². The van der Waals surface area contributed by atoms with Gasteiger partial charge in [-0.1, -0.05) is 0 Å². The Morgan fingerprint density at radius 1 is 1.32 bits per heavy atom. The Hall–Kier alpha value is -2.05. The average Bonchev–Trinajstić information content (AvgIpc) is 2.35. The van der Waals surface area contributed by atoms with Crippen LogP contribution in [0.25, 0.3) is 0 Å². The molecule has 104 valence electrons. The molecule has 1 aromatic carbocycles. The van der Waals surface area contributed by atoms with E-state index in [9.17, 15) is 18.0 Å². The molecule has 0 heterocycles. The number of hydrogen-bond acceptors (Lipinski definition) is 4. The fourth-order valence-electron chi connectivity index (χ4n) is 1.16. The zero-order chi connectivity index (χ0) is 14.5. The van der Waals surface area contributed by atoms with Crippen LogP contribution in [0.15, 0.2) is 29.4 Å². The lowest BCUT2D eigenvalue weighted by Crippen LogP contribution is -2.15. The summed E-state index contributed by atoms with van der Waals surface area (Å²) in [6.45, 7) is 3.33. The first-order valence-electron chi connectivity index (χ1n) is 5.49.